The van der Waals surface area contributed by atoms with E-state index in [4.69, 9.17) is 5.11 Å². The number of hydrogen-bond donors (Lipinski definition) is 1. The Kier molecular flexibility index (Phi) is 3.77. The van der Waals surface area contributed by atoms with Gasteiger partial charge in [0, 0.05) is 6.20 Å². The van der Waals surface area contributed by atoms with Crippen molar-refractivity contribution in [1.82, 2.24) is 9.61 Å². The monoisotopic (exact) mass is 244 g/mol. The fourth-order valence-corrected chi connectivity index (χ4v) is 1.28. The molecule has 2 aromatic heterocycles. The van der Waals surface area contributed by atoms with E-state index >= 15 is 0 Å². The predicted octanol–water partition coefficient (Wildman–Crippen LogP) is 3.35. The molecule has 0 amide bonds. The van der Waals surface area contributed by atoms with Gasteiger partial charge in [0.25, 0.3) is 0 Å². The fraction of sp³-hybridized carbons (Fsp3) is 0.182. The summed E-state index contributed by atoms with van der Waals surface area (Å²) in [6, 6.07) is 2.11. The number of hydrogen-bond acceptors (Lipinski definition) is 2. The highest BCUT2D eigenvalue weighted by atomic mass is 19.4. The average Bonchev–Trinajstić information content (AvgIpc) is 2.60. The number of aliphatic hydroxyl groups excluding tert-OH is 1. The highest BCUT2D eigenvalue weighted by molar-refractivity contribution is 5.54. The van der Waals surface area contributed by atoms with Crippen LogP contribution in [-0.4, -0.2) is 14.7 Å². The number of aryl methyl sites for hydroxylation is 1. The summed E-state index contributed by atoms with van der Waals surface area (Å²) in [4.78, 5) is 0. The second-order valence-corrected chi connectivity index (χ2v) is 3.25. The maximum Gasteiger partial charge on any atom is 0.416 e. The van der Waals surface area contributed by atoms with E-state index in [1.807, 2.05) is 0 Å². The fourth-order valence-electron chi connectivity index (χ4n) is 1.28. The van der Waals surface area contributed by atoms with Gasteiger partial charge in [-0.3, -0.25) is 0 Å². The van der Waals surface area contributed by atoms with Gasteiger partial charge in [0.1, 0.15) is 0 Å². The van der Waals surface area contributed by atoms with Crippen LogP contribution in [-0.2, 0) is 6.18 Å². The van der Waals surface area contributed by atoms with Crippen LogP contribution in [0.4, 0.5) is 13.2 Å². The van der Waals surface area contributed by atoms with Gasteiger partial charge in [-0.2, -0.15) is 18.3 Å². The minimum Gasteiger partial charge on any atom is -0.516 e. The Morgan fingerprint density at radius 1 is 1.47 bits per heavy atom. The lowest BCUT2D eigenvalue weighted by molar-refractivity contribution is -0.137. The third-order valence-corrected chi connectivity index (χ3v) is 2.04. The summed E-state index contributed by atoms with van der Waals surface area (Å²) in [6.07, 6.45) is -0.695. The Morgan fingerprint density at radius 3 is 2.59 bits per heavy atom. The van der Waals surface area contributed by atoms with Gasteiger partial charge < -0.3 is 5.11 Å². The molecule has 0 saturated heterocycles. The van der Waals surface area contributed by atoms with Gasteiger partial charge in [0.2, 0.25) is 0 Å². The van der Waals surface area contributed by atoms with Crippen LogP contribution < -0.4 is 0 Å². The summed E-state index contributed by atoms with van der Waals surface area (Å²) in [5, 5.41) is 11.2. The van der Waals surface area contributed by atoms with Crippen molar-refractivity contribution >= 4 is 5.52 Å². The summed E-state index contributed by atoms with van der Waals surface area (Å²) in [6.45, 7) is 4.64. The van der Waals surface area contributed by atoms with Gasteiger partial charge in [-0.15, -0.1) is 0 Å². The molecule has 0 aromatic carbocycles. The number of aliphatic hydroxyl groups is 1. The number of alkyl halides is 3. The maximum atomic E-state index is 12.3. The van der Waals surface area contributed by atoms with Gasteiger partial charge in [-0.1, -0.05) is 6.58 Å². The van der Waals surface area contributed by atoms with Crippen molar-refractivity contribution in [3.8, 4) is 0 Å². The molecule has 2 aromatic rings. The molecule has 0 spiro atoms. The molecule has 0 unspecified atom stereocenters. The molecule has 0 saturated carbocycles. The molecule has 0 fully saturated rings. The minimum absolute atomic E-state index is 0.486. The molecule has 0 atom stereocenters. The molecule has 1 N–H and O–H groups in total. The Labute approximate surface area is 95.8 Å². The van der Waals surface area contributed by atoms with Crippen LogP contribution in [0.5, 0.6) is 0 Å². The lowest BCUT2D eigenvalue weighted by Crippen LogP contribution is -2.05. The average molecular weight is 244 g/mol. The van der Waals surface area contributed by atoms with E-state index in [2.05, 4.69) is 11.7 Å². The Balaban J connectivity index is 0.000000437. The molecular weight excluding hydrogens is 233 g/mol. The normalized spacial score (nSPS) is 10.8. The van der Waals surface area contributed by atoms with Crippen molar-refractivity contribution < 1.29 is 18.3 Å². The standard InChI is InChI=1S/C9H7F3N2.C2H4O/c1-6-5-13-14-3-2-7(4-8(6)14)9(10,11)12;1-2-3/h2-5H,1H3;2-3H,1H2. The van der Waals surface area contributed by atoms with Crippen molar-refractivity contribution in [3.05, 3.63) is 48.5 Å². The van der Waals surface area contributed by atoms with Crippen molar-refractivity contribution in [1.29, 1.82) is 0 Å². The first kappa shape index (κ1) is 13.1. The minimum atomic E-state index is -4.29. The zero-order valence-corrected chi connectivity index (χ0v) is 9.07. The SMILES string of the molecule is C=CO.Cc1cnn2ccc(C(F)(F)F)cc12. The number of nitrogens with zero attached hydrogens (tertiary/aromatic N) is 2. The molecule has 2 rings (SSSR count). The third-order valence-electron chi connectivity index (χ3n) is 2.04. The van der Waals surface area contributed by atoms with Crippen molar-refractivity contribution in [3.63, 3.8) is 0 Å². The molecule has 0 aliphatic rings. The summed E-state index contributed by atoms with van der Waals surface area (Å²) < 4.78 is 38.4. The number of pyridine rings is 1. The van der Waals surface area contributed by atoms with Gasteiger partial charge in [0.15, 0.2) is 0 Å². The number of aromatic nitrogens is 2. The summed E-state index contributed by atoms with van der Waals surface area (Å²) in [5.74, 6) is 0. The summed E-state index contributed by atoms with van der Waals surface area (Å²) in [5.41, 5.74) is 0.574. The first-order valence-corrected chi connectivity index (χ1v) is 4.66. The zero-order chi connectivity index (χ0) is 13.1. The van der Waals surface area contributed by atoms with E-state index in [0.29, 0.717) is 5.52 Å². The lowest BCUT2D eigenvalue weighted by Gasteiger charge is -2.06. The molecule has 0 bridgehead atoms. The smallest absolute Gasteiger partial charge is 0.416 e. The highest BCUT2D eigenvalue weighted by Gasteiger charge is 2.30. The number of fused-ring (bicyclic) bond motifs is 1. The summed E-state index contributed by atoms with van der Waals surface area (Å²) >= 11 is 0. The first-order chi connectivity index (χ1) is 7.90. The van der Waals surface area contributed by atoms with E-state index in [-0.39, 0.29) is 0 Å². The van der Waals surface area contributed by atoms with Gasteiger partial charge in [-0.05, 0) is 24.6 Å². The van der Waals surface area contributed by atoms with Crippen LogP contribution in [0.3, 0.4) is 0 Å². The second kappa shape index (κ2) is 4.90. The van der Waals surface area contributed by atoms with E-state index < -0.39 is 11.7 Å². The number of rotatable bonds is 0. The molecule has 3 nitrogen and oxygen atoms in total. The summed E-state index contributed by atoms with van der Waals surface area (Å²) in [7, 11) is 0. The van der Waals surface area contributed by atoms with Crippen LogP contribution in [0.25, 0.3) is 5.52 Å². The molecule has 0 aliphatic carbocycles. The van der Waals surface area contributed by atoms with Gasteiger partial charge >= 0.3 is 6.18 Å². The van der Waals surface area contributed by atoms with Crippen molar-refractivity contribution in [2.75, 3.05) is 0 Å². The van der Waals surface area contributed by atoms with Crippen LogP contribution in [0, 0.1) is 6.92 Å². The Hall–Kier alpha value is -1.98. The number of halogens is 3. The molecule has 17 heavy (non-hydrogen) atoms. The quantitative estimate of drug-likeness (QED) is 0.721. The molecule has 2 heterocycles. The molecule has 0 aliphatic heterocycles. The Morgan fingerprint density at radius 2 is 2.06 bits per heavy atom. The lowest BCUT2D eigenvalue weighted by atomic mass is 10.2. The van der Waals surface area contributed by atoms with E-state index in [9.17, 15) is 13.2 Å². The van der Waals surface area contributed by atoms with Gasteiger partial charge in [-0.25, -0.2) is 4.52 Å². The van der Waals surface area contributed by atoms with Crippen LogP contribution in [0.1, 0.15) is 11.1 Å². The second-order valence-electron chi connectivity index (χ2n) is 3.25. The molecule has 6 heteroatoms. The van der Waals surface area contributed by atoms with Crippen molar-refractivity contribution in [2.24, 2.45) is 0 Å². The zero-order valence-electron chi connectivity index (χ0n) is 9.07. The van der Waals surface area contributed by atoms with E-state index in [1.165, 1.54) is 16.9 Å². The third kappa shape index (κ3) is 2.99. The maximum absolute atomic E-state index is 12.3. The highest BCUT2D eigenvalue weighted by Crippen LogP contribution is 2.30. The van der Waals surface area contributed by atoms with Gasteiger partial charge in [0.05, 0.1) is 23.5 Å². The predicted molar refractivity (Wildman–Crippen MR) is 57.8 cm³/mol. The van der Waals surface area contributed by atoms with Crippen LogP contribution in [0.15, 0.2) is 37.4 Å². The first-order valence-electron chi connectivity index (χ1n) is 4.66. The van der Waals surface area contributed by atoms with Crippen molar-refractivity contribution in [2.45, 2.75) is 13.1 Å². The van der Waals surface area contributed by atoms with E-state index in [0.717, 1.165) is 24.0 Å². The Bertz CT molecular complexity index is 517. The topological polar surface area (TPSA) is 37.5 Å². The van der Waals surface area contributed by atoms with Crippen LogP contribution >= 0.6 is 0 Å². The van der Waals surface area contributed by atoms with Crippen LogP contribution in [0.2, 0.25) is 0 Å². The molecular formula is C11H11F3N2O. The largest absolute Gasteiger partial charge is 0.516 e. The van der Waals surface area contributed by atoms with E-state index in [1.54, 1.807) is 6.92 Å². The molecule has 92 valence electrons. The molecule has 0 radical (unpaired) electrons.